The molecule has 3 rings (SSSR count). The van der Waals surface area contributed by atoms with Crippen molar-refractivity contribution in [1.82, 2.24) is 14.5 Å². The van der Waals surface area contributed by atoms with Crippen LogP contribution in [0.4, 0.5) is 5.82 Å². The number of nitrogens with zero attached hydrogens (tertiary/aromatic N) is 3. The van der Waals surface area contributed by atoms with Crippen molar-refractivity contribution in [1.29, 1.82) is 0 Å². The third-order valence-electron chi connectivity index (χ3n) is 3.04. The second kappa shape index (κ2) is 7.56. The van der Waals surface area contributed by atoms with Gasteiger partial charge >= 0.3 is 0 Å². The van der Waals surface area contributed by atoms with E-state index in [2.05, 4.69) is 34.4 Å². The molecule has 0 radical (unpaired) electrons. The van der Waals surface area contributed by atoms with Crippen LogP contribution in [0.5, 0.6) is 0 Å². The van der Waals surface area contributed by atoms with Crippen molar-refractivity contribution in [2.45, 2.75) is 20.4 Å². The SMILES string of the molecule is CC(C)Cn1cnc2c(N)nc3ccccc3c21.CS(=O)(=O)O.O. The number of nitrogen functional groups attached to an aromatic ring is 1. The predicted octanol–water partition coefficient (Wildman–Crippen LogP) is 1.50. The van der Waals surface area contributed by atoms with Crippen LogP contribution in [0.2, 0.25) is 0 Å². The fourth-order valence-corrected chi connectivity index (χ4v) is 2.34. The molecule has 2 heterocycles. The van der Waals surface area contributed by atoms with E-state index in [4.69, 9.17) is 10.3 Å². The Hall–Kier alpha value is -2.23. The number of pyridine rings is 1. The maximum atomic E-state index is 9.19. The van der Waals surface area contributed by atoms with Crippen LogP contribution in [0, 0.1) is 5.92 Å². The molecule has 0 saturated carbocycles. The monoisotopic (exact) mass is 354 g/mol. The highest BCUT2D eigenvalue weighted by Crippen LogP contribution is 2.27. The minimum atomic E-state index is -3.67. The lowest BCUT2D eigenvalue weighted by molar-refractivity contribution is 0.490. The summed E-state index contributed by atoms with van der Waals surface area (Å²) in [5, 5.41) is 1.11. The standard InChI is InChI=1S/C14H16N4.CH4O3S.H2O/c1-9(2)7-18-8-16-12-13(18)10-5-3-4-6-11(10)17-14(12)15;1-5(2,3)4;/h3-6,8-9H,7H2,1-2H3,(H2,15,17);1H3,(H,2,3,4);1H2. The van der Waals surface area contributed by atoms with Gasteiger partial charge in [-0.15, -0.1) is 0 Å². The predicted molar refractivity (Wildman–Crippen MR) is 95.4 cm³/mol. The molecular formula is C15H22N4O4S. The van der Waals surface area contributed by atoms with Crippen molar-refractivity contribution in [2.24, 2.45) is 5.92 Å². The van der Waals surface area contributed by atoms with Crippen LogP contribution < -0.4 is 5.73 Å². The molecule has 0 atom stereocenters. The van der Waals surface area contributed by atoms with Crippen LogP contribution >= 0.6 is 0 Å². The third kappa shape index (κ3) is 4.88. The van der Waals surface area contributed by atoms with E-state index in [1.54, 1.807) is 0 Å². The van der Waals surface area contributed by atoms with Crippen molar-refractivity contribution in [2.75, 3.05) is 12.0 Å². The molecule has 24 heavy (non-hydrogen) atoms. The molecule has 0 bridgehead atoms. The van der Waals surface area contributed by atoms with Crippen molar-refractivity contribution >= 4 is 37.9 Å². The Morgan fingerprint density at radius 1 is 1.29 bits per heavy atom. The van der Waals surface area contributed by atoms with Crippen molar-refractivity contribution in [3.63, 3.8) is 0 Å². The highest BCUT2D eigenvalue weighted by molar-refractivity contribution is 7.85. The number of nitrogens with two attached hydrogens (primary N) is 1. The normalized spacial score (nSPS) is 11.2. The van der Waals surface area contributed by atoms with Crippen molar-refractivity contribution in [3.8, 4) is 0 Å². The smallest absolute Gasteiger partial charge is 0.261 e. The lowest BCUT2D eigenvalue weighted by Gasteiger charge is -2.09. The van der Waals surface area contributed by atoms with E-state index in [1.807, 2.05) is 24.5 Å². The molecule has 0 amide bonds. The molecule has 5 N–H and O–H groups in total. The fourth-order valence-electron chi connectivity index (χ4n) is 2.34. The number of rotatable bonds is 2. The first kappa shape index (κ1) is 19.8. The fraction of sp³-hybridized carbons (Fsp3) is 0.333. The summed E-state index contributed by atoms with van der Waals surface area (Å²) < 4.78 is 28.0. The lowest BCUT2D eigenvalue weighted by atomic mass is 10.1. The lowest BCUT2D eigenvalue weighted by Crippen LogP contribution is -2.03. The quantitative estimate of drug-likeness (QED) is 0.668. The molecule has 0 saturated heterocycles. The van der Waals surface area contributed by atoms with Crippen molar-refractivity contribution < 1.29 is 18.4 Å². The zero-order valence-corrected chi connectivity index (χ0v) is 14.6. The summed E-state index contributed by atoms with van der Waals surface area (Å²) in [6.45, 7) is 5.32. The number of imidazole rings is 1. The van der Waals surface area contributed by atoms with Gasteiger partial charge in [0.2, 0.25) is 0 Å². The summed E-state index contributed by atoms with van der Waals surface area (Å²) in [7, 11) is -3.67. The van der Waals surface area contributed by atoms with Gasteiger partial charge in [0.05, 0.1) is 23.6 Å². The van der Waals surface area contributed by atoms with Crippen LogP contribution in [0.15, 0.2) is 30.6 Å². The van der Waals surface area contributed by atoms with E-state index < -0.39 is 10.1 Å². The highest BCUT2D eigenvalue weighted by atomic mass is 32.2. The van der Waals surface area contributed by atoms with Crippen LogP contribution in [-0.4, -0.2) is 39.2 Å². The van der Waals surface area contributed by atoms with Gasteiger partial charge in [-0.25, -0.2) is 9.97 Å². The summed E-state index contributed by atoms with van der Waals surface area (Å²) >= 11 is 0. The van der Waals surface area contributed by atoms with Crippen LogP contribution in [0.25, 0.3) is 21.9 Å². The Balaban J connectivity index is 0.000000425. The maximum absolute atomic E-state index is 9.19. The van der Waals surface area contributed by atoms with Crippen LogP contribution in [0.3, 0.4) is 0 Å². The second-order valence-corrected chi connectivity index (χ2v) is 7.20. The molecule has 9 heteroatoms. The van der Waals surface area contributed by atoms with Gasteiger partial charge in [-0.3, -0.25) is 4.55 Å². The van der Waals surface area contributed by atoms with Crippen molar-refractivity contribution in [3.05, 3.63) is 30.6 Å². The van der Waals surface area contributed by atoms with Gasteiger partial charge in [0.25, 0.3) is 10.1 Å². The molecule has 0 aliphatic rings. The summed E-state index contributed by atoms with van der Waals surface area (Å²) in [5.74, 6) is 1.07. The Morgan fingerprint density at radius 3 is 2.46 bits per heavy atom. The number of para-hydroxylation sites is 1. The summed E-state index contributed by atoms with van der Waals surface area (Å²) in [5.41, 5.74) is 8.79. The van der Waals surface area contributed by atoms with E-state index >= 15 is 0 Å². The number of fused-ring (bicyclic) bond motifs is 3. The first-order valence-corrected chi connectivity index (χ1v) is 8.93. The van der Waals surface area contributed by atoms with Gasteiger partial charge in [-0.1, -0.05) is 32.0 Å². The number of aromatic nitrogens is 3. The van der Waals surface area contributed by atoms with Gasteiger partial charge in [0, 0.05) is 11.9 Å². The number of hydrogen-bond acceptors (Lipinski definition) is 5. The molecule has 2 aromatic heterocycles. The maximum Gasteiger partial charge on any atom is 0.261 e. The number of anilines is 1. The molecule has 0 unspecified atom stereocenters. The molecule has 3 aromatic rings. The highest BCUT2D eigenvalue weighted by Gasteiger charge is 2.12. The van der Waals surface area contributed by atoms with E-state index in [0.29, 0.717) is 18.0 Å². The molecule has 0 spiro atoms. The Morgan fingerprint density at radius 2 is 1.88 bits per heavy atom. The van der Waals surface area contributed by atoms with Gasteiger partial charge in [0.15, 0.2) is 5.82 Å². The van der Waals surface area contributed by atoms with Crippen LogP contribution in [-0.2, 0) is 16.7 Å². The minimum absolute atomic E-state index is 0. The molecular weight excluding hydrogens is 332 g/mol. The van der Waals surface area contributed by atoms with Gasteiger partial charge < -0.3 is 15.8 Å². The first-order valence-electron chi connectivity index (χ1n) is 7.08. The summed E-state index contributed by atoms with van der Waals surface area (Å²) in [6.07, 6.45) is 2.57. The van der Waals surface area contributed by atoms with E-state index in [9.17, 15) is 8.42 Å². The van der Waals surface area contributed by atoms with Gasteiger partial charge in [0.1, 0.15) is 5.52 Å². The van der Waals surface area contributed by atoms with E-state index in [-0.39, 0.29) is 5.48 Å². The average Bonchev–Trinajstić information content (AvgIpc) is 2.81. The molecule has 0 fully saturated rings. The summed E-state index contributed by atoms with van der Waals surface area (Å²) in [4.78, 5) is 8.80. The molecule has 8 nitrogen and oxygen atoms in total. The zero-order valence-electron chi connectivity index (χ0n) is 13.8. The van der Waals surface area contributed by atoms with E-state index in [1.165, 1.54) is 0 Å². The first-order chi connectivity index (χ1) is 10.7. The third-order valence-corrected chi connectivity index (χ3v) is 3.04. The Bertz CT molecular complexity index is 927. The second-order valence-electron chi connectivity index (χ2n) is 5.74. The Kier molecular flexibility index (Phi) is 6.24. The van der Waals surface area contributed by atoms with Gasteiger partial charge in [-0.2, -0.15) is 8.42 Å². The van der Waals surface area contributed by atoms with Crippen LogP contribution in [0.1, 0.15) is 13.8 Å². The topological polar surface area (TPSA) is 143 Å². The van der Waals surface area contributed by atoms with E-state index in [0.717, 1.165) is 28.5 Å². The largest absolute Gasteiger partial charge is 0.412 e. The average molecular weight is 354 g/mol. The molecule has 0 aliphatic heterocycles. The number of benzene rings is 1. The Labute approximate surface area is 140 Å². The van der Waals surface area contributed by atoms with Gasteiger partial charge in [-0.05, 0) is 12.0 Å². The minimum Gasteiger partial charge on any atom is -0.412 e. The molecule has 132 valence electrons. The number of hydrogen-bond donors (Lipinski definition) is 2. The molecule has 0 aliphatic carbocycles. The zero-order chi connectivity index (χ0) is 17.2. The summed E-state index contributed by atoms with van der Waals surface area (Å²) in [6, 6.07) is 8.05. The molecule has 1 aromatic carbocycles.